The number of rotatable bonds is 4. The van der Waals surface area contributed by atoms with Crippen molar-refractivity contribution in [3.8, 4) is 5.75 Å². The summed E-state index contributed by atoms with van der Waals surface area (Å²) in [6, 6.07) is 2.08. The second-order valence-corrected chi connectivity index (χ2v) is 2.98. The lowest BCUT2D eigenvalue weighted by atomic mass is 10.1. The third-order valence-corrected chi connectivity index (χ3v) is 2.08. The van der Waals surface area contributed by atoms with Crippen LogP contribution in [0.3, 0.4) is 0 Å². The molecule has 0 aromatic heterocycles. The molecule has 0 atom stereocenters. The van der Waals surface area contributed by atoms with Crippen LogP contribution in [0.2, 0.25) is 0 Å². The van der Waals surface area contributed by atoms with E-state index in [0.29, 0.717) is 6.29 Å². The van der Waals surface area contributed by atoms with Crippen molar-refractivity contribution in [2.24, 2.45) is 0 Å². The average molecular weight is 239 g/mol. The maximum Gasteiger partial charge on any atom is 0.341 e. The minimum atomic E-state index is -0.736. The van der Waals surface area contributed by atoms with E-state index in [4.69, 9.17) is 4.74 Å². The number of benzene rings is 1. The molecule has 90 valence electrons. The van der Waals surface area contributed by atoms with Crippen molar-refractivity contribution in [3.63, 3.8) is 0 Å². The number of hydrogen-bond acceptors (Lipinski definition) is 6. The standard InChI is InChI=1S/C10H9NO6/c1-16-9-4-8(11(14)15)6(5-12)3-7(9)10(13)17-2/h3-5H,1-2H3. The van der Waals surface area contributed by atoms with Crippen LogP contribution in [0.5, 0.6) is 5.75 Å². The van der Waals surface area contributed by atoms with Gasteiger partial charge in [0.05, 0.1) is 30.8 Å². The first-order chi connectivity index (χ1) is 8.04. The molecule has 7 nitrogen and oxygen atoms in total. The number of ether oxygens (including phenoxy) is 2. The molecule has 0 unspecified atom stereocenters. The molecule has 1 rings (SSSR count). The van der Waals surface area contributed by atoms with E-state index in [1.54, 1.807) is 0 Å². The molecule has 0 bridgehead atoms. The first kappa shape index (κ1) is 12.6. The molecule has 0 amide bonds. The van der Waals surface area contributed by atoms with Gasteiger partial charge < -0.3 is 9.47 Å². The third kappa shape index (κ3) is 2.39. The number of hydrogen-bond donors (Lipinski definition) is 0. The SMILES string of the molecule is COC(=O)c1cc(C=O)c([N+](=O)[O-])cc1OC. The number of nitrogens with zero attached hydrogens (tertiary/aromatic N) is 1. The molecule has 1 aromatic carbocycles. The van der Waals surface area contributed by atoms with E-state index in [9.17, 15) is 19.7 Å². The smallest absolute Gasteiger partial charge is 0.341 e. The minimum Gasteiger partial charge on any atom is -0.496 e. The largest absolute Gasteiger partial charge is 0.496 e. The van der Waals surface area contributed by atoms with Crippen molar-refractivity contribution in [1.29, 1.82) is 0 Å². The lowest BCUT2D eigenvalue weighted by Crippen LogP contribution is -2.06. The summed E-state index contributed by atoms with van der Waals surface area (Å²) in [5.74, 6) is -0.756. The number of nitro benzene ring substituents is 1. The molecular formula is C10H9NO6. The molecule has 0 fully saturated rings. The van der Waals surface area contributed by atoms with E-state index in [0.717, 1.165) is 19.2 Å². The normalized spacial score (nSPS) is 9.53. The summed E-state index contributed by atoms with van der Waals surface area (Å²) in [6.45, 7) is 0. The zero-order chi connectivity index (χ0) is 13.0. The second kappa shape index (κ2) is 5.06. The predicted octanol–water partition coefficient (Wildman–Crippen LogP) is 1.20. The Labute approximate surface area is 96.1 Å². The predicted molar refractivity (Wildman–Crippen MR) is 56.4 cm³/mol. The topological polar surface area (TPSA) is 95.7 Å². The molecule has 0 spiro atoms. The Kier molecular flexibility index (Phi) is 3.76. The lowest BCUT2D eigenvalue weighted by molar-refractivity contribution is -0.385. The summed E-state index contributed by atoms with van der Waals surface area (Å²) in [6.07, 6.45) is 0.296. The van der Waals surface area contributed by atoms with Gasteiger partial charge in [-0.15, -0.1) is 0 Å². The molecule has 1 aromatic rings. The highest BCUT2D eigenvalue weighted by Gasteiger charge is 2.22. The molecule has 0 aliphatic rings. The van der Waals surface area contributed by atoms with E-state index in [1.165, 1.54) is 7.11 Å². The van der Waals surface area contributed by atoms with E-state index < -0.39 is 16.6 Å². The van der Waals surface area contributed by atoms with Crippen LogP contribution in [0.15, 0.2) is 12.1 Å². The van der Waals surface area contributed by atoms with Gasteiger partial charge in [-0.25, -0.2) is 4.79 Å². The fourth-order valence-electron chi connectivity index (χ4n) is 1.28. The van der Waals surface area contributed by atoms with Crippen LogP contribution >= 0.6 is 0 Å². The summed E-state index contributed by atoms with van der Waals surface area (Å²) in [5.41, 5.74) is -0.677. The molecule has 0 radical (unpaired) electrons. The zero-order valence-corrected chi connectivity index (χ0v) is 9.13. The summed E-state index contributed by atoms with van der Waals surface area (Å²) in [5, 5.41) is 10.7. The Hall–Kier alpha value is -2.44. The van der Waals surface area contributed by atoms with Crippen molar-refractivity contribution in [1.82, 2.24) is 0 Å². The highest BCUT2D eigenvalue weighted by molar-refractivity contribution is 5.96. The monoisotopic (exact) mass is 239 g/mol. The molecule has 7 heteroatoms. The number of esters is 1. The highest BCUT2D eigenvalue weighted by atomic mass is 16.6. The third-order valence-electron chi connectivity index (χ3n) is 2.08. The van der Waals surface area contributed by atoms with Crippen LogP contribution in [0, 0.1) is 10.1 Å². The Morgan fingerprint density at radius 2 is 2.06 bits per heavy atom. The molecular weight excluding hydrogens is 230 g/mol. The van der Waals surface area contributed by atoms with Crippen LogP contribution in [0.4, 0.5) is 5.69 Å². The van der Waals surface area contributed by atoms with Gasteiger partial charge in [-0.1, -0.05) is 0 Å². The Morgan fingerprint density at radius 1 is 1.41 bits per heavy atom. The van der Waals surface area contributed by atoms with Gasteiger partial charge in [0.25, 0.3) is 5.69 Å². The number of methoxy groups -OCH3 is 2. The molecule has 0 aliphatic carbocycles. The quantitative estimate of drug-likeness (QED) is 0.339. The summed E-state index contributed by atoms with van der Waals surface area (Å²) < 4.78 is 9.31. The Balaban J connectivity index is 3.48. The van der Waals surface area contributed by atoms with E-state index in [1.807, 2.05) is 0 Å². The van der Waals surface area contributed by atoms with E-state index in [2.05, 4.69) is 4.74 Å². The maximum atomic E-state index is 11.4. The van der Waals surface area contributed by atoms with E-state index in [-0.39, 0.29) is 16.9 Å². The minimum absolute atomic E-state index is 0.0193. The molecule has 0 heterocycles. The van der Waals surface area contributed by atoms with Gasteiger partial charge in [0.1, 0.15) is 11.3 Å². The van der Waals surface area contributed by atoms with Crippen LogP contribution < -0.4 is 4.74 Å². The van der Waals surface area contributed by atoms with Crippen molar-refractivity contribution in [3.05, 3.63) is 33.4 Å². The Morgan fingerprint density at radius 3 is 2.47 bits per heavy atom. The van der Waals surface area contributed by atoms with Gasteiger partial charge in [0, 0.05) is 0 Å². The molecule has 17 heavy (non-hydrogen) atoms. The van der Waals surface area contributed by atoms with Crippen LogP contribution in [-0.4, -0.2) is 31.4 Å². The van der Waals surface area contributed by atoms with Crippen LogP contribution in [0.25, 0.3) is 0 Å². The van der Waals surface area contributed by atoms with Crippen LogP contribution in [0.1, 0.15) is 20.7 Å². The zero-order valence-electron chi connectivity index (χ0n) is 9.13. The fraction of sp³-hybridized carbons (Fsp3) is 0.200. The summed E-state index contributed by atoms with van der Waals surface area (Å²) in [7, 11) is 2.41. The molecule has 0 N–H and O–H groups in total. The fourth-order valence-corrected chi connectivity index (χ4v) is 1.28. The number of carbonyl (C=O) groups excluding carboxylic acids is 2. The summed E-state index contributed by atoms with van der Waals surface area (Å²) >= 11 is 0. The van der Waals surface area contributed by atoms with Gasteiger partial charge in [0.15, 0.2) is 6.29 Å². The maximum absolute atomic E-state index is 11.4. The molecule has 0 aliphatic heterocycles. The van der Waals surface area contributed by atoms with Crippen molar-refractivity contribution in [2.75, 3.05) is 14.2 Å². The van der Waals surface area contributed by atoms with Gasteiger partial charge in [-0.2, -0.15) is 0 Å². The van der Waals surface area contributed by atoms with Gasteiger partial charge >= 0.3 is 5.97 Å². The average Bonchev–Trinajstić information content (AvgIpc) is 2.35. The van der Waals surface area contributed by atoms with Gasteiger partial charge in [-0.3, -0.25) is 14.9 Å². The number of aldehydes is 1. The van der Waals surface area contributed by atoms with Gasteiger partial charge in [-0.05, 0) is 6.07 Å². The number of nitro groups is 1. The van der Waals surface area contributed by atoms with Crippen molar-refractivity contribution in [2.45, 2.75) is 0 Å². The number of carbonyl (C=O) groups is 2. The van der Waals surface area contributed by atoms with E-state index >= 15 is 0 Å². The molecule has 0 saturated heterocycles. The first-order valence-corrected chi connectivity index (χ1v) is 4.45. The second-order valence-electron chi connectivity index (χ2n) is 2.98. The van der Waals surface area contributed by atoms with Gasteiger partial charge in [0.2, 0.25) is 0 Å². The van der Waals surface area contributed by atoms with Crippen molar-refractivity contribution < 1.29 is 24.0 Å². The highest BCUT2D eigenvalue weighted by Crippen LogP contribution is 2.28. The summed E-state index contributed by atoms with van der Waals surface area (Å²) in [4.78, 5) is 32.0. The molecule has 0 saturated carbocycles. The van der Waals surface area contributed by atoms with Crippen molar-refractivity contribution >= 4 is 17.9 Å². The lowest BCUT2D eigenvalue weighted by Gasteiger charge is -2.07. The Bertz CT molecular complexity index is 482. The first-order valence-electron chi connectivity index (χ1n) is 4.45. The van der Waals surface area contributed by atoms with Crippen LogP contribution in [-0.2, 0) is 4.74 Å².